The van der Waals surface area contributed by atoms with E-state index in [-0.39, 0.29) is 18.7 Å². The third kappa shape index (κ3) is 3.82. The number of urea groups is 1. The normalized spacial score (nSPS) is 12.0. The van der Waals surface area contributed by atoms with E-state index in [1.165, 1.54) is 0 Å². The molecule has 1 aromatic heterocycles. The summed E-state index contributed by atoms with van der Waals surface area (Å²) >= 11 is 0. The van der Waals surface area contributed by atoms with Gasteiger partial charge in [-0.2, -0.15) is 5.10 Å². The first-order valence-corrected chi connectivity index (χ1v) is 6.81. The van der Waals surface area contributed by atoms with Crippen molar-refractivity contribution in [1.82, 2.24) is 15.1 Å². The maximum absolute atomic E-state index is 11.7. The lowest BCUT2D eigenvalue weighted by Crippen LogP contribution is -2.38. The summed E-state index contributed by atoms with van der Waals surface area (Å²) in [5.74, 6) is 0. The van der Waals surface area contributed by atoms with Crippen molar-refractivity contribution in [2.75, 3.05) is 11.9 Å². The Kier molecular flexibility index (Phi) is 4.59. The van der Waals surface area contributed by atoms with Crippen molar-refractivity contribution in [3.63, 3.8) is 0 Å². The minimum Gasteiger partial charge on any atom is -0.394 e. The Morgan fingerprint density at radius 1 is 1.38 bits per heavy atom. The molecule has 112 valence electrons. The summed E-state index contributed by atoms with van der Waals surface area (Å²) in [4.78, 5) is 11.7. The summed E-state index contributed by atoms with van der Waals surface area (Å²) in [5, 5.41) is 18.7. The first-order chi connectivity index (χ1) is 9.99. The molecule has 1 atom stereocenters. The SMILES string of the molecule is Cc1cc(C)n(-c2cccc(NC(=O)NC(C)CO)c2)n1. The van der Waals surface area contributed by atoms with Crippen LogP contribution in [-0.4, -0.2) is 33.6 Å². The van der Waals surface area contributed by atoms with E-state index in [4.69, 9.17) is 5.11 Å². The molecule has 2 amide bonds. The van der Waals surface area contributed by atoms with E-state index in [9.17, 15) is 4.79 Å². The Bertz CT molecular complexity index is 636. The minimum absolute atomic E-state index is 0.0980. The number of amides is 2. The van der Waals surface area contributed by atoms with Crippen molar-refractivity contribution in [2.24, 2.45) is 0 Å². The van der Waals surface area contributed by atoms with Crippen molar-refractivity contribution in [3.05, 3.63) is 41.7 Å². The van der Waals surface area contributed by atoms with E-state index in [0.717, 1.165) is 17.1 Å². The number of aromatic nitrogens is 2. The van der Waals surface area contributed by atoms with Crippen molar-refractivity contribution < 1.29 is 9.90 Å². The number of hydrogen-bond acceptors (Lipinski definition) is 3. The summed E-state index contributed by atoms with van der Waals surface area (Å²) in [6, 6.07) is 8.80. The van der Waals surface area contributed by atoms with Crippen LogP contribution in [0, 0.1) is 13.8 Å². The van der Waals surface area contributed by atoms with Gasteiger partial charge in [-0.3, -0.25) is 0 Å². The van der Waals surface area contributed by atoms with Crippen LogP contribution in [0.25, 0.3) is 5.69 Å². The Balaban J connectivity index is 2.15. The average Bonchev–Trinajstić information content (AvgIpc) is 2.77. The smallest absolute Gasteiger partial charge is 0.319 e. The second-order valence-corrected chi connectivity index (χ2v) is 5.07. The molecule has 0 fully saturated rings. The summed E-state index contributed by atoms with van der Waals surface area (Å²) in [6.07, 6.45) is 0. The van der Waals surface area contributed by atoms with Gasteiger partial charge >= 0.3 is 6.03 Å². The number of anilines is 1. The molecule has 6 heteroatoms. The Labute approximate surface area is 123 Å². The maximum Gasteiger partial charge on any atom is 0.319 e. The van der Waals surface area contributed by atoms with Crippen LogP contribution in [0.15, 0.2) is 30.3 Å². The molecule has 0 aliphatic carbocycles. The molecule has 0 saturated heterocycles. The van der Waals surface area contributed by atoms with Gasteiger partial charge in [0.25, 0.3) is 0 Å². The van der Waals surface area contributed by atoms with E-state index in [1.54, 1.807) is 13.0 Å². The number of carbonyl (C=O) groups excluding carboxylic acids is 1. The van der Waals surface area contributed by atoms with E-state index >= 15 is 0 Å². The number of aliphatic hydroxyl groups excluding tert-OH is 1. The molecule has 1 heterocycles. The predicted molar refractivity (Wildman–Crippen MR) is 81.7 cm³/mol. The molecule has 3 N–H and O–H groups in total. The molecular weight excluding hydrogens is 268 g/mol. The topological polar surface area (TPSA) is 79.2 Å². The van der Waals surface area contributed by atoms with Crippen LogP contribution in [0.1, 0.15) is 18.3 Å². The highest BCUT2D eigenvalue weighted by Gasteiger charge is 2.08. The van der Waals surface area contributed by atoms with Gasteiger partial charge in [-0.25, -0.2) is 9.48 Å². The summed E-state index contributed by atoms with van der Waals surface area (Å²) in [6.45, 7) is 5.55. The molecule has 0 aliphatic rings. The summed E-state index contributed by atoms with van der Waals surface area (Å²) in [5.41, 5.74) is 3.53. The van der Waals surface area contributed by atoms with Gasteiger partial charge < -0.3 is 15.7 Å². The highest BCUT2D eigenvalue weighted by atomic mass is 16.3. The first kappa shape index (κ1) is 15.1. The van der Waals surface area contributed by atoms with E-state index in [1.807, 2.05) is 42.8 Å². The van der Waals surface area contributed by atoms with Crippen molar-refractivity contribution >= 4 is 11.7 Å². The largest absolute Gasteiger partial charge is 0.394 e. The quantitative estimate of drug-likeness (QED) is 0.805. The molecule has 2 rings (SSSR count). The Hall–Kier alpha value is -2.34. The number of hydrogen-bond donors (Lipinski definition) is 3. The molecule has 0 bridgehead atoms. The van der Waals surface area contributed by atoms with Gasteiger partial charge in [-0.15, -0.1) is 0 Å². The van der Waals surface area contributed by atoms with Gasteiger partial charge in [-0.05, 0) is 45.0 Å². The molecule has 0 aliphatic heterocycles. The molecule has 0 radical (unpaired) electrons. The number of nitrogens with zero attached hydrogens (tertiary/aromatic N) is 2. The van der Waals surface area contributed by atoms with E-state index in [2.05, 4.69) is 15.7 Å². The van der Waals surface area contributed by atoms with Crippen LogP contribution in [0.5, 0.6) is 0 Å². The fraction of sp³-hybridized carbons (Fsp3) is 0.333. The molecular formula is C15H20N4O2. The van der Waals surface area contributed by atoms with Crippen LogP contribution >= 0.6 is 0 Å². The zero-order valence-corrected chi connectivity index (χ0v) is 12.4. The van der Waals surface area contributed by atoms with E-state index < -0.39 is 0 Å². The molecule has 1 unspecified atom stereocenters. The van der Waals surface area contributed by atoms with Gasteiger partial charge in [0.1, 0.15) is 0 Å². The van der Waals surface area contributed by atoms with Crippen molar-refractivity contribution in [2.45, 2.75) is 26.8 Å². The number of rotatable bonds is 4. The number of aliphatic hydroxyl groups is 1. The second-order valence-electron chi connectivity index (χ2n) is 5.07. The van der Waals surface area contributed by atoms with Gasteiger partial charge in [0.05, 0.1) is 24.0 Å². The predicted octanol–water partition coefficient (Wildman–Crippen LogP) is 1.99. The molecule has 0 spiro atoms. The standard InChI is InChI=1S/C15H20N4O2/c1-10-7-12(3)19(18-10)14-6-4-5-13(8-14)17-15(21)16-11(2)9-20/h4-8,11,20H,9H2,1-3H3,(H2,16,17,21). The summed E-state index contributed by atoms with van der Waals surface area (Å²) < 4.78 is 1.83. The van der Waals surface area contributed by atoms with Gasteiger partial charge in [0.2, 0.25) is 0 Å². The van der Waals surface area contributed by atoms with E-state index in [0.29, 0.717) is 5.69 Å². The number of aryl methyl sites for hydroxylation is 2. The van der Waals surface area contributed by atoms with Crippen LogP contribution in [-0.2, 0) is 0 Å². The molecule has 6 nitrogen and oxygen atoms in total. The molecule has 1 aromatic carbocycles. The van der Waals surface area contributed by atoms with Crippen molar-refractivity contribution in [3.8, 4) is 5.69 Å². The van der Waals surface area contributed by atoms with Crippen molar-refractivity contribution in [1.29, 1.82) is 0 Å². The average molecular weight is 288 g/mol. The van der Waals surface area contributed by atoms with Gasteiger partial charge in [0, 0.05) is 11.4 Å². The maximum atomic E-state index is 11.7. The molecule has 0 saturated carbocycles. The third-order valence-electron chi connectivity index (χ3n) is 3.01. The second kappa shape index (κ2) is 6.41. The zero-order valence-electron chi connectivity index (χ0n) is 12.4. The highest BCUT2D eigenvalue weighted by Crippen LogP contribution is 2.16. The lowest BCUT2D eigenvalue weighted by Gasteiger charge is -2.13. The zero-order chi connectivity index (χ0) is 15.4. The van der Waals surface area contributed by atoms with Crippen LogP contribution in [0.3, 0.4) is 0 Å². The Morgan fingerprint density at radius 2 is 2.14 bits per heavy atom. The fourth-order valence-corrected chi connectivity index (χ4v) is 2.04. The molecule has 2 aromatic rings. The van der Waals surface area contributed by atoms with Crippen LogP contribution < -0.4 is 10.6 Å². The monoisotopic (exact) mass is 288 g/mol. The number of nitrogens with one attached hydrogen (secondary N) is 2. The fourth-order valence-electron chi connectivity index (χ4n) is 2.04. The summed E-state index contributed by atoms with van der Waals surface area (Å²) in [7, 11) is 0. The minimum atomic E-state index is -0.345. The molecule has 21 heavy (non-hydrogen) atoms. The Morgan fingerprint density at radius 3 is 2.76 bits per heavy atom. The highest BCUT2D eigenvalue weighted by molar-refractivity contribution is 5.89. The lowest BCUT2D eigenvalue weighted by molar-refractivity contribution is 0.229. The van der Waals surface area contributed by atoms with Crippen LogP contribution in [0.2, 0.25) is 0 Å². The third-order valence-corrected chi connectivity index (χ3v) is 3.01. The number of benzene rings is 1. The number of carbonyl (C=O) groups is 1. The lowest BCUT2D eigenvalue weighted by atomic mass is 10.2. The van der Waals surface area contributed by atoms with Gasteiger partial charge in [-0.1, -0.05) is 6.07 Å². The van der Waals surface area contributed by atoms with Gasteiger partial charge in [0.15, 0.2) is 0 Å². The first-order valence-electron chi connectivity index (χ1n) is 6.81. The van der Waals surface area contributed by atoms with Crippen LogP contribution in [0.4, 0.5) is 10.5 Å².